The Hall–Kier alpha value is 0.455. The Kier molecular flexibility index (Phi) is 7.08. The van der Waals surface area contributed by atoms with Crippen LogP contribution in [0.4, 0.5) is 0 Å². The molecule has 0 aliphatic heterocycles. The van der Waals surface area contributed by atoms with Gasteiger partial charge in [-0.3, -0.25) is 0 Å². The van der Waals surface area contributed by atoms with Gasteiger partial charge >= 0.3 is 64.2 Å². The van der Waals surface area contributed by atoms with Gasteiger partial charge in [-0.1, -0.05) is 18.2 Å². The van der Waals surface area contributed by atoms with Crippen LogP contribution in [-0.4, -0.2) is 12.0 Å². The summed E-state index contributed by atoms with van der Waals surface area (Å²) in [6.45, 7) is 1.59. The van der Waals surface area contributed by atoms with Crippen molar-refractivity contribution in [2.75, 3.05) is 0 Å². The zero-order chi connectivity index (χ0) is 8.97. The van der Waals surface area contributed by atoms with Gasteiger partial charge in [0.05, 0.1) is 0 Å². The molecule has 1 aromatic rings. The number of nitrogens with two attached hydrogens (primary N) is 1. The monoisotopic (exact) mass is 251 g/mol. The van der Waals surface area contributed by atoms with E-state index < -0.39 is 12.0 Å². The van der Waals surface area contributed by atoms with E-state index in [4.69, 9.17) is 10.5 Å². The summed E-state index contributed by atoms with van der Waals surface area (Å²) in [4.78, 5) is 11.0. The van der Waals surface area contributed by atoms with Gasteiger partial charge in [-0.05, 0) is 19.1 Å². The molecule has 0 fully saturated rings. The van der Waals surface area contributed by atoms with Crippen LogP contribution in [-0.2, 0) is 4.79 Å². The van der Waals surface area contributed by atoms with E-state index in [-0.39, 0.29) is 59.6 Å². The molecule has 0 aliphatic rings. The van der Waals surface area contributed by atoms with Crippen LogP contribution in [0.5, 0.6) is 5.75 Å². The van der Waals surface area contributed by atoms with E-state index >= 15 is 0 Å². The first-order chi connectivity index (χ1) is 5.70. The fourth-order valence-corrected chi connectivity index (χ4v) is 0.698. The van der Waals surface area contributed by atoms with Gasteiger partial charge in [0.25, 0.3) is 0 Å². The van der Waals surface area contributed by atoms with Crippen molar-refractivity contribution in [3.63, 3.8) is 0 Å². The maximum Gasteiger partial charge on any atom is 1.00 e. The van der Waals surface area contributed by atoms with Gasteiger partial charge in [0.1, 0.15) is 11.8 Å². The first kappa shape index (κ1) is 13.5. The molecule has 0 bridgehead atoms. The molecule has 66 valence electrons. The third-order valence-corrected chi connectivity index (χ3v) is 1.33. The van der Waals surface area contributed by atoms with Crippen LogP contribution in [0, 0.1) is 0 Å². The van der Waals surface area contributed by atoms with Gasteiger partial charge in [0, 0.05) is 0 Å². The van der Waals surface area contributed by atoms with Crippen molar-refractivity contribution in [1.29, 1.82) is 0 Å². The molecule has 0 spiro atoms. The van der Waals surface area contributed by atoms with E-state index in [1.54, 1.807) is 31.2 Å². The number of hydrogen-bond donors (Lipinski definition) is 1. The average molecular weight is 252 g/mol. The number of ether oxygens (including phenoxy) is 1. The molecular formula is C9H12NO2Rb. The molecule has 4 heteroatoms. The normalized spacial score (nSPS) is 11.2. The molecule has 0 saturated carbocycles. The second kappa shape index (κ2) is 6.84. The van der Waals surface area contributed by atoms with Gasteiger partial charge in [0.2, 0.25) is 0 Å². The van der Waals surface area contributed by atoms with Crippen LogP contribution < -0.4 is 68.7 Å². The van der Waals surface area contributed by atoms with Crippen molar-refractivity contribution >= 4 is 5.97 Å². The Morgan fingerprint density at radius 2 is 2.00 bits per heavy atom. The molecule has 0 saturated heterocycles. The summed E-state index contributed by atoms with van der Waals surface area (Å²) >= 11 is 0. The zero-order valence-corrected chi connectivity index (χ0v) is 12.8. The molecule has 0 aromatic heterocycles. The van der Waals surface area contributed by atoms with Crippen molar-refractivity contribution in [3.05, 3.63) is 30.3 Å². The Labute approximate surface area is 128 Å². The topological polar surface area (TPSA) is 52.3 Å². The number of rotatable bonds is 2. The van der Waals surface area contributed by atoms with Gasteiger partial charge in [-0.25, -0.2) is 4.79 Å². The molecule has 2 N–H and O–H groups in total. The van der Waals surface area contributed by atoms with Gasteiger partial charge < -0.3 is 11.9 Å². The van der Waals surface area contributed by atoms with Crippen LogP contribution in [0.3, 0.4) is 0 Å². The van der Waals surface area contributed by atoms with E-state index in [1.807, 2.05) is 6.07 Å². The van der Waals surface area contributed by atoms with Crippen LogP contribution >= 0.6 is 0 Å². The molecule has 13 heavy (non-hydrogen) atoms. The van der Waals surface area contributed by atoms with Crippen molar-refractivity contribution in [1.82, 2.24) is 0 Å². The summed E-state index contributed by atoms with van der Waals surface area (Å²) in [6.07, 6.45) is 0. The minimum Gasteiger partial charge on any atom is -1.00 e. The zero-order valence-electron chi connectivity index (χ0n) is 8.86. The molecule has 0 unspecified atom stereocenters. The van der Waals surface area contributed by atoms with E-state index in [2.05, 4.69) is 0 Å². The first-order valence-corrected chi connectivity index (χ1v) is 3.72. The quantitative estimate of drug-likeness (QED) is 0.491. The maximum absolute atomic E-state index is 11.0. The third kappa shape index (κ3) is 5.03. The van der Waals surface area contributed by atoms with Crippen molar-refractivity contribution in [3.8, 4) is 5.75 Å². The minimum absolute atomic E-state index is 0. The Morgan fingerprint density at radius 3 is 2.46 bits per heavy atom. The van der Waals surface area contributed by atoms with Crippen LogP contribution in [0.15, 0.2) is 30.3 Å². The molecule has 0 radical (unpaired) electrons. The second-order valence-electron chi connectivity index (χ2n) is 2.52. The predicted molar refractivity (Wildman–Crippen MR) is 46.8 cm³/mol. The summed E-state index contributed by atoms with van der Waals surface area (Å²) in [5.41, 5.74) is 5.31. The fraction of sp³-hybridized carbons (Fsp3) is 0.222. The summed E-state index contributed by atoms with van der Waals surface area (Å²) < 4.78 is 4.91. The van der Waals surface area contributed by atoms with E-state index in [0.29, 0.717) is 5.75 Å². The minimum atomic E-state index is -0.579. The Bertz CT molecular complexity index is 267. The third-order valence-electron chi connectivity index (χ3n) is 1.33. The van der Waals surface area contributed by atoms with Crippen LogP contribution in [0.25, 0.3) is 0 Å². The largest absolute Gasteiger partial charge is 1.00 e. The standard InChI is InChI=1S/C9H11NO2.Rb.H/c1-7(10)9(11)12-8-5-3-2-4-6-8;;/h2-7H,10H2,1H3;;/q;+1;-1/t7-;;/m0../s1. The SMILES string of the molecule is C[C@H](N)C(=O)Oc1ccccc1.[H-].[Rb+]. The van der Waals surface area contributed by atoms with Crippen molar-refractivity contribution in [2.24, 2.45) is 5.73 Å². The second-order valence-corrected chi connectivity index (χ2v) is 2.52. The van der Waals surface area contributed by atoms with Crippen LogP contribution in [0.1, 0.15) is 8.35 Å². The molecule has 1 atom stereocenters. The van der Waals surface area contributed by atoms with E-state index in [0.717, 1.165) is 0 Å². The summed E-state index contributed by atoms with van der Waals surface area (Å²) in [7, 11) is 0. The average Bonchev–Trinajstić information content (AvgIpc) is 2.06. The first-order valence-electron chi connectivity index (χ1n) is 3.72. The molecule has 1 rings (SSSR count). The van der Waals surface area contributed by atoms with Gasteiger partial charge in [-0.2, -0.15) is 0 Å². The molecule has 1 aromatic carbocycles. The number of benzene rings is 1. The van der Waals surface area contributed by atoms with E-state index in [9.17, 15) is 4.79 Å². The van der Waals surface area contributed by atoms with Crippen molar-refractivity contribution in [2.45, 2.75) is 13.0 Å². The number of carbonyl (C=O) groups excluding carboxylic acids is 1. The summed E-state index contributed by atoms with van der Waals surface area (Å²) in [5.74, 6) is 0.112. The number of esters is 1. The summed E-state index contributed by atoms with van der Waals surface area (Å²) in [5, 5.41) is 0. The Morgan fingerprint density at radius 1 is 1.46 bits per heavy atom. The predicted octanol–water partition coefficient (Wildman–Crippen LogP) is -1.94. The number of para-hydroxylation sites is 1. The molecule has 0 amide bonds. The van der Waals surface area contributed by atoms with E-state index in [1.165, 1.54) is 0 Å². The molecule has 0 heterocycles. The fourth-order valence-electron chi connectivity index (χ4n) is 0.698. The molecule has 3 nitrogen and oxygen atoms in total. The van der Waals surface area contributed by atoms with Crippen LogP contribution in [0.2, 0.25) is 0 Å². The van der Waals surface area contributed by atoms with Gasteiger partial charge in [-0.15, -0.1) is 0 Å². The van der Waals surface area contributed by atoms with Crippen molar-refractivity contribution < 1.29 is 69.1 Å². The number of carbonyl (C=O) groups is 1. The number of hydrogen-bond acceptors (Lipinski definition) is 3. The van der Waals surface area contributed by atoms with Gasteiger partial charge in [0.15, 0.2) is 0 Å². The maximum atomic E-state index is 11.0. The Balaban J connectivity index is 0. The smallest absolute Gasteiger partial charge is 1.00 e. The molecule has 0 aliphatic carbocycles. The molecular weight excluding hydrogens is 240 g/mol. The summed E-state index contributed by atoms with van der Waals surface area (Å²) in [6, 6.07) is 8.28.